The summed E-state index contributed by atoms with van der Waals surface area (Å²) in [6.45, 7) is 3.23. The van der Waals surface area contributed by atoms with Crippen LogP contribution in [0.2, 0.25) is 0 Å². The zero-order valence-electron chi connectivity index (χ0n) is 7.96. The van der Waals surface area contributed by atoms with E-state index in [9.17, 15) is 9.59 Å². The quantitative estimate of drug-likeness (QED) is 0.420. The highest BCUT2D eigenvalue weighted by Gasteiger charge is 2.21. The van der Waals surface area contributed by atoms with Crippen LogP contribution >= 0.6 is 0 Å². The van der Waals surface area contributed by atoms with Crippen LogP contribution in [-0.4, -0.2) is 36.9 Å². The van der Waals surface area contributed by atoms with Gasteiger partial charge in [0.2, 0.25) is 0 Å². The van der Waals surface area contributed by atoms with Gasteiger partial charge in [0.1, 0.15) is 0 Å². The Morgan fingerprint density at radius 3 is 2.69 bits per heavy atom. The Hall–Kier alpha value is -1.32. The van der Waals surface area contributed by atoms with Gasteiger partial charge in [-0.3, -0.25) is 9.59 Å². The molecular weight excluding hydrogens is 168 g/mol. The Bertz CT molecular complexity index is 258. The highest BCUT2D eigenvalue weighted by atomic mass is 16.2. The van der Waals surface area contributed by atoms with Crippen LogP contribution in [0.4, 0.5) is 0 Å². The molecule has 0 saturated heterocycles. The Morgan fingerprint density at radius 1 is 1.54 bits per heavy atom. The van der Waals surface area contributed by atoms with Crippen molar-refractivity contribution in [2.24, 2.45) is 0 Å². The molecule has 1 heterocycles. The molecule has 0 unspecified atom stereocenters. The number of rotatable bonds is 0. The van der Waals surface area contributed by atoms with E-state index < -0.39 is 11.8 Å². The lowest BCUT2D eigenvalue weighted by Gasteiger charge is -2.24. The van der Waals surface area contributed by atoms with Gasteiger partial charge in [0.25, 0.3) is 0 Å². The second-order valence-electron chi connectivity index (χ2n) is 3.13. The monoisotopic (exact) mass is 182 g/mol. The van der Waals surface area contributed by atoms with Gasteiger partial charge < -0.3 is 10.2 Å². The number of hydrogen-bond acceptors (Lipinski definition) is 2. The number of amides is 2. The number of hydrogen-bond donors (Lipinski definition) is 1. The number of carbonyl (C=O) groups excluding carboxylic acids is 2. The van der Waals surface area contributed by atoms with E-state index in [1.165, 1.54) is 12.6 Å². The molecule has 0 radical (unpaired) electrons. The summed E-state index contributed by atoms with van der Waals surface area (Å²) in [7, 11) is 1.46. The molecule has 0 fully saturated rings. The van der Waals surface area contributed by atoms with Crippen LogP contribution in [0.3, 0.4) is 0 Å². The molecule has 0 aliphatic carbocycles. The van der Waals surface area contributed by atoms with Crippen molar-refractivity contribution < 1.29 is 9.59 Å². The highest BCUT2D eigenvalue weighted by Crippen LogP contribution is 2.09. The lowest BCUT2D eigenvalue weighted by atomic mass is 10.1. The maximum absolute atomic E-state index is 11.3. The topological polar surface area (TPSA) is 49.4 Å². The van der Waals surface area contributed by atoms with Crippen LogP contribution in [0, 0.1) is 0 Å². The molecule has 4 nitrogen and oxygen atoms in total. The molecule has 0 saturated carbocycles. The summed E-state index contributed by atoms with van der Waals surface area (Å²) < 4.78 is 0. The van der Waals surface area contributed by atoms with E-state index in [1.54, 1.807) is 4.90 Å². The Balaban J connectivity index is 2.55. The van der Waals surface area contributed by atoms with E-state index in [1.807, 2.05) is 13.0 Å². The second kappa shape index (κ2) is 4.07. The van der Waals surface area contributed by atoms with Gasteiger partial charge in [-0.25, -0.2) is 0 Å². The minimum absolute atomic E-state index is 0.439. The van der Waals surface area contributed by atoms with Gasteiger partial charge in [-0.2, -0.15) is 0 Å². The van der Waals surface area contributed by atoms with Gasteiger partial charge in [-0.1, -0.05) is 11.6 Å². The largest absolute Gasteiger partial charge is 0.351 e. The maximum Gasteiger partial charge on any atom is 0.312 e. The number of nitrogens with zero attached hydrogens (tertiary/aromatic N) is 1. The predicted octanol–water partition coefficient (Wildman–Crippen LogP) is -0.0890. The molecule has 0 aromatic heterocycles. The van der Waals surface area contributed by atoms with E-state index in [0.717, 1.165) is 6.42 Å². The number of carbonyl (C=O) groups is 2. The molecule has 0 aromatic rings. The SMILES string of the molecule is CNC(=O)C(=O)N1CC=C(C)CC1. The average Bonchev–Trinajstić information content (AvgIpc) is 2.17. The summed E-state index contributed by atoms with van der Waals surface area (Å²) in [5.41, 5.74) is 1.28. The number of nitrogens with one attached hydrogen (secondary N) is 1. The van der Waals surface area contributed by atoms with Crippen LogP contribution < -0.4 is 5.32 Å². The van der Waals surface area contributed by atoms with Crippen LogP contribution in [0.5, 0.6) is 0 Å². The molecule has 0 aromatic carbocycles. The molecular formula is C9H14N2O2. The third-order valence-electron chi connectivity index (χ3n) is 2.14. The lowest BCUT2D eigenvalue weighted by molar-refractivity contribution is -0.145. The van der Waals surface area contributed by atoms with E-state index in [2.05, 4.69) is 5.32 Å². The molecule has 0 spiro atoms. The molecule has 0 bridgehead atoms. The summed E-state index contributed by atoms with van der Waals surface area (Å²) in [5.74, 6) is -0.973. The van der Waals surface area contributed by atoms with Crippen LogP contribution in [-0.2, 0) is 9.59 Å². The molecule has 4 heteroatoms. The molecule has 72 valence electrons. The first-order valence-corrected chi connectivity index (χ1v) is 4.31. The molecule has 2 amide bonds. The van der Waals surface area contributed by atoms with Gasteiger partial charge >= 0.3 is 11.8 Å². The molecule has 0 atom stereocenters. The fourth-order valence-electron chi connectivity index (χ4n) is 1.21. The Labute approximate surface area is 77.6 Å². The fourth-order valence-corrected chi connectivity index (χ4v) is 1.21. The maximum atomic E-state index is 11.3. The van der Waals surface area contributed by atoms with Crippen molar-refractivity contribution in [3.63, 3.8) is 0 Å². The first-order valence-electron chi connectivity index (χ1n) is 4.31. The van der Waals surface area contributed by atoms with Crippen molar-refractivity contribution in [3.05, 3.63) is 11.6 Å². The Morgan fingerprint density at radius 2 is 2.23 bits per heavy atom. The molecule has 13 heavy (non-hydrogen) atoms. The van der Waals surface area contributed by atoms with Crippen LogP contribution in [0.1, 0.15) is 13.3 Å². The third kappa shape index (κ3) is 2.31. The fraction of sp³-hybridized carbons (Fsp3) is 0.556. The van der Waals surface area contributed by atoms with Crippen molar-refractivity contribution >= 4 is 11.8 Å². The molecule has 1 aliphatic heterocycles. The molecule has 1 aliphatic rings. The van der Waals surface area contributed by atoms with Gasteiger partial charge in [-0.15, -0.1) is 0 Å². The van der Waals surface area contributed by atoms with Crippen molar-refractivity contribution in [1.82, 2.24) is 10.2 Å². The second-order valence-corrected chi connectivity index (χ2v) is 3.13. The standard InChI is InChI=1S/C9H14N2O2/c1-7-3-5-11(6-4-7)9(13)8(12)10-2/h3H,4-6H2,1-2H3,(H,10,12). The molecule has 1 rings (SSSR count). The molecule has 1 N–H and O–H groups in total. The normalized spacial score (nSPS) is 16.5. The summed E-state index contributed by atoms with van der Waals surface area (Å²) in [6.07, 6.45) is 2.84. The minimum Gasteiger partial charge on any atom is -0.351 e. The first-order chi connectivity index (χ1) is 6.15. The zero-order chi connectivity index (χ0) is 9.84. The van der Waals surface area contributed by atoms with E-state index >= 15 is 0 Å². The summed E-state index contributed by atoms with van der Waals surface area (Å²) in [5, 5.41) is 2.32. The smallest absolute Gasteiger partial charge is 0.312 e. The van der Waals surface area contributed by atoms with Crippen molar-refractivity contribution in [1.29, 1.82) is 0 Å². The number of likely N-dealkylation sites (N-methyl/N-ethyl adjacent to an activating group) is 1. The van der Waals surface area contributed by atoms with Gasteiger partial charge in [0.05, 0.1) is 0 Å². The van der Waals surface area contributed by atoms with Crippen molar-refractivity contribution in [3.8, 4) is 0 Å². The van der Waals surface area contributed by atoms with E-state index in [4.69, 9.17) is 0 Å². The zero-order valence-corrected chi connectivity index (χ0v) is 7.96. The summed E-state index contributed by atoms with van der Waals surface area (Å²) >= 11 is 0. The summed E-state index contributed by atoms with van der Waals surface area (Å²) in [4.78, 5) is 23.8. The Kier molecular flexibility index (Phi) is 3.06. The van der Waals surface area contributed by atoms with Crippen molar-refractivity contribution in [2.75, 3.05) is 20.1 Å². The summed E-state index contributed by atoms with van der Waals surface area (Å²) in [6, 6.07) is 0. The predicted molar refractivity (Wildman–Crippen MR) is 49.0 cm³/mol. The van der Waals surface area contributed by atoms with Crippen LogP contribution in [0.15, 0.2) is 11.6 Å². The van der Waals surface area contributed by atoms with E-state index in [-0.39, 0.29) is 0 Å². The van der Waals surface area contributed by atoms with Gasteiger partial charge in [0, 0.05) is 20.1 Å². The van der Waals surface area contributed by atoms with E-state index in [0.29, 0.717) is 13.1 Å². The van der Waals surface area contributed by atoms with Gasteiger partial charge in [-0.05, 0) is 13.3 Å². The third-order valence-corrected chi connectivity index (χ3v) is 2.14. The minimum atomic E-state index is -0.534. The lowest BCUT2D eigenvalue weighted by Crippen LogP contribution is -2.43. The van der Waals surface area contributed by atoms with Gasteiger partial charge in [0.15, 0.2) is 0 Å². The van der Waals surface area contributed by atoms with Crippen LogP contribution in [0.25, 0.3) is 0 Å². The first kappa shape index (κ1) is 9.77. The highest BCUT2D eigenvalue weighted by molar-refractivity contribution is 6.34. The average molecular weight is 182 g/mol. The van der Waals surface area contributed by atoms with Crippen molar-refractivity contribution in [2.45, 2.75) is 13.3 Å².